The van der Waals surface area contributed by atoms with Crippen LogP contribution in [0, 0.1) is 5.92 Å². The number of benzene rings is 1. The van der Waals surface area contributed by atoms with Crippen LogP contribution in [0.1, 0.15) is 24.9 Å². The Morgan fingerprint density at radius 3 is 2.60 bits per heavy atom. The van der Waals surface area contributed by atoms with Gasteiger partial charge < -0.3 is 0 Å². The highest BCUT2D eigenvalue weighted by molar-refractivity contribution is 5.23. The molecule has 0 saturated carbocycles. The van der Waals surface area contributed by atoms with Gasteiger partial charge in [-0.2, -0.15) is 0 Å². The van der Waals surface area contributed by atoms with Crippen LogP contribution >= 0.6 is 0 Å². The van der Waals surface area contributed by atoms with E-state index in [1.165, 1.54) is 11.1 Å². The second-order valence-electron chi connectivity index (χ2n) is 4.63. The Bertz CT molecular complexity index is 342. The van der Waals surface area contributed by atoms with Gasteiger partial charge in [0.05, 0.1) is 0 Å². The summed E-state index contributed by atoms with van der Waals surface area (Å²) in [6.07, 6.45) is 1.10. The monoisotopic (exact) mass is 201 g/mol. The fourth-order valence-corrected chi connectivity index (χ4v) is 2.34. The molecule has 0 aromatic heterocycles. The van der Waals surface area contributed by atoms with Crippen molar-refractivity contribution in [1.82, 2.24) is 4.90 Å². The van der Waals surface area contributed by atoms with Crippen LogP contribution < -0.4 is 0 Å². The predicted octanol–water partition coefficient (Wildman–Crippen LogP) is 3.26. The molecule has 1 aromatic rings. The molecule has 2 atom stereocenters. The standard InChI is InChI=1S/C14H19N/c1-11-9-14(15(3)10-12(11)2)13-7-5-4-6-8-13/h4-8,12,14H,1,9-10H2,2-3H3/t12-,14-/m1/s1. The molecule has 0 N–H and O–H groups in total. The van der Waals surface area contributed by atoms with Gasteiger partial charge in [0.1, 0.15) is 0 Å². The number of rotatable bonds is 1. The fourth-order valence-electron chi connectivity index (χ4n) is 2.34. The molecule has 0 aliphatic carbocycles. The maximum atomic E-state index is 4.18. The van der Waals surface area contributed by atoms with Crippen molar-refractivity contribution >= 4 is 0 Å². The Kier molecular flexibility index (Phi) is 2.92. The Morgan fingerprint density at radius 2 is 1.93 bits per heavy atom. The average Bonchev–Trinajstić information content (AvgIpc) is 2.25. The van der Waals surface area contributed by atoms with E-state index in [-0.39, 0.29) is 0 Å². The molecule has 80 valence electrons. The minimum atomic E-state index is 0.523. The zero-order chi connectivity index (χ0) is 10.8. The summed E-state index contributed by atoms with van der Waals surface area (Å²) in [4.78, 5) is 2.44. The van der Waals surface area contributed by atoms with Crippen LogP contribution in [0.15, 0.2) is 42.5 Å². The van der Waals surface area contributed by atoms with Crippen molar-refractivity contribution in [2.24, 2.45) is 5.92 Å². The molecule has 1 saturated heterocycles. The van der Waals surface area contributed by atoms with Crippen LogP contribution in [0.5, 0.6) is 0 Å². The van der Waals surface area contributed by atoms with Crippen LogP contribution in [0.3, 0.4) is 0 Å². The highest BCUT2D eigenvalue weighted by Gasteiger charge is 2.26. The Hall–Kier alpha value is -1.08. The third-order valence-electron chi connectivity index (χ3n) is 3.43. The predicted molar refractivity (Wildman–Crippen MR) is 64.7 cm³/mol. The van der Waals surface area contributed by atoms with E-state index < -0.39 is 0 Å². The fraction of sp³-hybridized carbons (Fsp3) is 0.429. The van der Waals surface area contributed by atoms with Gasteiger partial charge in [-0.25, -0.2) is 0 Å². The molecular weight excluding hydrogens is 182 g/mol. The van der Waals surface area contributed by atoms with Crippen molar-refractivity contribution in [2.75, 3.05) is 13.6 Å². The zero-order valence-corrected chi connectivity index (χ0v) is 9.61. The third-order valence-corrected chi connectivity index (χ3v) is 3.43. The van der Waals surface area contributed by atoms with E-state index in [1.54, 1.807) is 0 Å². The molecule has 0 bridgehead atoms. The Labute approximate surface area is 92.4 Å². The lowest BCUT2D eigenvalue weighted by Gasteiger charge is -2.37. The van der Waals surface area contributed by atoms with Crippen molar-refractivity contribution in [1.29, 1.82) is 0 Å². The summed E-state index contributed by atoms with van der Waals surface area (Å²) in [5.41, 5.74) is 2.80. The summed E-state index contributed by atoms with van der Waals surface area (Å²) >= 11 is 0. The number of piperidine rings is 1. The van der Waals surface area contributed by atoms with Crippen LogP contribution in [-0.4, -0.2) is 18.5 Å². The minimum absolute atomic E-state index is 0.523. The van der Waals surface area contributed by atoms with Gasteiger partial charge in [-0.3, -0.25) is 4.90 Å². The minimum Gasteiger partial charge on any atom is -0.298 e. The van der Waals surface area contributed by atoms with E-state index in [0.717, 1.165) is 13.0 Å². The Morgan fingerprint density at radius 1 is 1.27 bits per heavy atom. The van der Waals surface area contributed by atoms with Crippen LogP contribution in [-0.2, 0) is 0 Å². The largest absolute Gasteiger partial charge is 0.298 e. The molecular formula is C14H19N. The number of nitrogens with zero attached hydrogens (tertiary/aromatic N) is 1. The van der Waals surface area contributed by atoms with E-state index in [1.807, 2.05) is 0 Å². The van der Waals surface area contributed by atoms with Gasteiger partial charge in [0.25, 0.3) is 0 Å². The van der Waals surface area contributed by atoms with E-state index in [4.69, 9.17) is 0 Å². The molecule has 1 aliphatic rings. The van der Waals surface area contributed by atoms with Gasteiger partial charge >= 0.3 is 0 Å². The van der Waals surface area contributed by atoms with Gasteiger partial charge in [-0.05, 0) is 24.9 Å². The first-order chi connectivity index (χ1) is 7.18. The first-order valence-electron chi connectivity index (χ1n) is 5.61. The molecule has 2 rings (SSSR count). The second kappa shape index (κ2) is 4.19. The first kappa shape index (κ1) is 10.4. The molecule has 1 nitrogen and oxygen atoms in total. The lowest BCUT2D eigenvalue weighted by molar-refractivity contribution is 0.186. The normalized spacial score (nSPS) is 28.0. The molecule has 1 fully saturated rings. The van der Waals surface area contributed by atoms with Crippen molar-refractivity contribution in [3.05, 3.63) is 48.0 Å². The molecule has 0 radical (unpaired) electrons. The molecule has 1 aliphatic heterocycles. The molecule has 0 spiro atoms. The molecule has 0 unspecified atom stereocenters. The molecule has 1 aromatic carbocycles. The third kappa shape index (κ3) is 2.13. The summed E-state index contributed by atoms with van der Waals surface area (Å²) in [7, 11) is 2.21. The summed E-state index contributed by atoms with van der Waals surface area (Å²) in [6, 6.07) is 11.3. The van der Waals surface area contributed by atoms with Gasteiger partial charge in [0, 0.05) is 12.6 Å². The van der Waals surface area contributed by atoms with Crippen LogP contribution in [0.4, 0.5) is 0 Å². The number of likely N-dealkylation sites (tertiary alicyclic amines) is 1. The van der Waals surface area contributed by atoms with E-state index in [9.17, 15) is 0 Å². The highest BCUT2D eigenvalue weighted by atomic mass is 15.1. The average molecular weight is 201 g/mol. The molecule has 1 heterocycles. The van der Waals surface area contributed by atoms with Crippen molar-refractivity contribution < 1.29 is 0 Å². The zero-order valence-electron chi connectivity index (χ0n) is 9.61. The van der Waals surface area contributed by atoms with E-state index >= 15 is 0 Å². The molecule has 1 heteroatoms. The lowest BCUT2D eigenvalue weighted by Crippen LogP contribution is -2.35. The number of hydrogen-bond donors (Lipinski definition) is 0. The highest BCUT2D eigenvalue weighted by Crippen LogP contribution is 2.34. The van der Waals surface area contributed by atoms with Crippen molar-refractivity contribution in [3.8, 4) is 0 Å². The van der Waals surface area contributed by atoms with Crippen LogP contribution in [0.25, 0.3) is 0 Å². The van der Waals surface area contributed by atoms with Crippen molar-refractivity contribution in [3.63, 3.8) is 0 Å². The van der Waals surface area contributed by atoms with E-state index in [0.29, 0.717) is 12.0 Å². The maximum absolute atomic E-state index is 4.18. The molecule has 15 heavy (non-hydrogen) atoms. The smallest absolute Gasteiger partial charge is 0.0382 e. The first-order valence-corrected chi connectivity index (χ1v) is 5.61. The van der Waals surface area contributed by atoms with Gasteiger partial charge in [-0.15, -0.1) is 0 Å². The lowest BCUT2D eigenvalue weighted by atomic mass is 9.87. The Balaban J connectivity index is 2.20. The van der Waals surface area contributed by atoms with Crippen molar-refractivity contribution in [2.45, 2.75) is 19.4 Å². The van der Waals surface area contributed by atoms with Gasteiger partial charge in [0.2, 0.25) is 0 Å². The molecule has 0 amide bonds. The van der Waals surface area contributed by atoms with Gasteiger partial charge in [0.15, 0.2) is 0 Å². The second-order valence-corrected chi connectivity index (χ2v) is 4.63. The summed E-state index contributed by atoms with van der Waals surface area (Å²) in [6.45, 7) is 7.57. The quantitative estimate of drug-likeness (QED) is 0.630. The maximum Gasteiger partial charge on any atom is 0.0382 e. The van der Waals surface area contributed by atoms with E-state index in [2.05, 4.69) is 55.8 Å². The van der Waals surface area contributed by atoms with Crippen LogP contribution in [0.2, 0.25) is 0 Å². The summed E-state index contributed by atoms with van der Waals surface area (Å²) in [5, 5.41) is 0. The number of hydrogen-bond acceptors (Lipinski definition) is 1. The summed E-state index contributed by atoms with van der Waals surface area (Å²) < 4.78 is 0. The SMILES string of the molecule is C=C1C[C@H](c2ccccc2)N(C)C[C@H]1C. The topological polar surface area (TPSA) is 3.24 Å². The summed E-state index contributed by atoms with van der Waals surface area (Å²) in [5.74, 6) is 0.634. The van der Waals surface area contributed by atoms with Gasteiger partial charge in [-0.1, -0.05) is 49.4 Å².